The number of hydrogen-bond donors (Lipinski definition) is 1. The molecule has 28 heavy (non-hydrogen) atoms. The number of carbonyl (C=O) groups is 1. The third kappa shape index (κ3) is 3.49. The highest BCUT2D eigenvalue weighted by atomic mass is 32.2. The molecule has 4 aromatic heterocycles. The molecule has 10 heteroatoms. The van der Waals surface area contributed by atoms with Crippen LogP contribution in [0.1, 0.15) is 16.1 Å². The van der Waals surface area contributed by atoms with E-state index in [4.69, 9.17) is 4.42 Å². The van der Waals surface area contributed by atoms with E-state index in [-0.39, 0.29) is 5.91 Å². The number of furan rings is 1. The van der Waals surface area contributed by atoms with Gasteiger partial charge in [-0.05, 0) is 37.4 Å². The van der Waals surface area contributed by atoms with Crippen LogP contribution in [-0.4, -0.2) is 41.9 Å². The summed E-state index contributed by atoms with van der Waals surface area (Å²) in [5.41, 5.74) is 1.54. The molecule has 0 fully saturated rings. The number of hydrogen-bond acceptors (Lipinski definition) is 8. The van der Waals surface area contributed by atoms with Gasteiger partial charge < -0.3 is 9.73 Å². The van der Waals surface area contributed by atoms with Crippen molar-refractivity contribution in [1.29, 1.82) is 0 Å². The molecule has 0 saturated heterocycles. The van der Waals surface area contributed by atoms with Gasteiger partial charge in [0.1, 0.15) is 17.7 Å². The number of nitrogens with zero attached hydrogens (tertiary/aromatic N) is 6. The van der Waals surface area contributed by atoms with Crippen LogP contribution in [0.4, 0.5) is 5.69 Å². The fraction of sp³-hybridized carbons (Fsp3) is 0.111. The van der Waals surface area contributed by atoms with Crippen LogP contribution in [0.25, 0.3) is 17.4 Å². The smallest absolute Gasteiger partial charge is 0.260 e. The van der Waals surface area contributed by atoms with Crippen LogP contribution < -0.4 is 5.32 Å². The normalized spacial score (nSPS) is 10.8. The number of pyridine rings is 1. The van der Waals surface area contributed by atoms with Crippen molar-refractivity contribution in [3.05, 3.63) is 60.6 Å². The Morgan fingerprint density at radius 1 is 1.25 bits per heavy atom. The van der Waals surface area contributed by atoms with Crippen molar-refractivity contribution in [1.82, 2.24) is 29.7 Å². The van der Waals surface area contributed by atoms with Gasteiger partial charge in [-0.25, -0.2) is 24.6 Å². The molecule has 0 bridgehead atoms. The van der Waals surface area contributed by atoms with Gasteiger partial charge in [0.2, 0.25) is 0 Å². The summed E-state index contributed by atoms with van der Waals surface area (Å²) in [6.07, 6.45) is 7.95. The van der Waals surface area contributed by atoms with Gasteiger partial charge in [-0.1, -0.05) is 0 Å². The highest BCUT2D eigenvalue weighted by Crippen LogP contribution is 2.26. The summed E-state index contributed by atoms with van der Waals surface area (Å²) >= 11 is 1.37. The van der Waals surface area contributed by atoms with Crippen molar-refractivity contribution in [2.45, 2.75) is 11.9 Å². The Bertz CT molecular complexity index is 1090. The Kier molecular flexibility index (Phi) is 4.85. The van der Waals surface area contributed by atoms with Crippen molar-refractivity contribution in [2.75, 3.05) is 11.6 Å². The summed E-state index contributed by atoms with van der Waals surface area (Å²) in [6, 6.07) is 7.03. The molecule has 0 radical (unpaired) electrons. The zero-order valence-electron chi connectivity index (χ0n) is 15.0. The Labute approximate surface area is 164 Å². The van der Waals surface area contributed by atoms with E-state index >= 15 is 0 Å². The molecule has 0 aliphatic heterocycles. The first-order chi connectivity index (χ1) is 13.7. The number of aryl methyl sites for hydroxylation is 1. The second kappa shape index (κ2) is 7.61. The molecular formula is C18H15N7O2S. The van der Waals surface area contributed by atoms with Crippen molar-refractivity contribution >= 4 is 23.4 Å². The van der Waals surface area contributed by atoms with E-state index in [1.165, 1.54) is 22.8 Å². The predicted molar refractivity (Wildman–Crippen MR) is 103 cm³/mol. The lowest BCUT2D eigenvalue weighted by molar-refractivity contribution is 0.102. The molecule has 0 spiro atoms. The molecular weight excluding hydrogens is 378 g/mol. The summed E-state index contributed by atoms with van der Waals surface area (Å²) in [5, 5.41) is 7.43. The number of carbonyl (C=O) groups excluding carboxylic acids is 1. The molecule has 0 aliphatic carbocycles. The molecule has 4 rings (SSSR count). The maximum atomic E-state index is 12.8. The standard InChI is InChI=1S/C18H15N7O2S/c1-11-15(18(28-2)24-16(22-11)13-4-3-7-27-13)17(26)23-12-5-6-14(20-8-12)25-10-19-9-21-25/h3-10H,1-2H3,(H,23,26). The molecule has 1 amide bonds. The summed E-state index contributed by atoms with van der Waals surface area (Å²) < 4.78 is 6.89. The lowest BCUT2D eigenvalue weighted by Gasteiger charge is -2.11. The van der Waals surface area contributed by atoms with E-state index in [0.717, 1.165) is 0 Å². The maximum absolute atomic E-state index is 12.8. The third-order valence-corrected chi connectivity index (χ3v) is 4.56. The Morgan fingerprint density at radius 3 is 2.79 bits per heavy atom. The maximum Gasteiger partial charge on any atom is 0.260 e. The summed E-state index contributed by atoms with van der Waals surface area (Å²) in [6.45, 7) is 1.77. The highest BCUT2D eigenvalue weighted by Gasteiger charge is 2.20. The molecule has 9 nitrogen and oxygen atoms in total. The van der Waals surface area contributed by atoms with Crippen LogP contribution >= 0.6 is 11.8 Å². The van der Waals surface area contributed by atoms with E-state index in [0.29, 0.717) is 39.4 Å². The molecule has 4 heterocycles. The molecule has 1 N–H and O–H groups in total. The zero-order chi connectivity index (χ0) is 19.5. The van der Waals surface area contributed by atoms with Crippen LogP contribution in [-0.2, 0) is 0 Å². The number of nitrogens with one attached hydrogen (secondary N) is 1. The number of thioether (sulfide) groups is 1. The topological polar surface area (TPSA) is 112 Å². The molecule has 0 atom stereocenters. The number of amides is 1. The van der Waals surface area contributed by atoms with Gasteiger partial charge in [-0.3, -0.25) is 4.79 Å². The minimum Gasteiger partial charge on any atom is -0.461 e. The van der Waals surface area contributed by atoms with Crippen LogP contribution in [0, 0.1) is 6.92 Å². The molecule has 0 aliphatic rings. The quantitative estimate of drug-likeness (QED) is 0.407. The monoisotopic (exact) mass is 393 g/mol. The Balaban J connectivity index is 1.59. The fourth-order valence-electron chi connectivity index (χ4n) is 2.59. The molecule has 0 aromatic carbocycles. The second-order valence-corrected chi connectivity index (χ2v) is 6.49. The third-order valence-electron chi connectivity index (χ3n) is 3.88. The summed E-state index contributed by atoms with van der Waals surface area (Å²) in [5.74, 6) is 1.30. The van der Waals surface area contributed by atoms with E-state index < -0.39 is 0 Å². The van der Waals surface area contributed by atoms with E-state index in [1.54, 1.807) is 50.0 Å². The minimum absolute atomic E-state index is 0.303. The van der Waals surface area contributed by atoms with Crippen molar-refractivity contribution in [3.8, 4) is 17.4 Å². The van der Waals surface area contributed by atoms with Crippen LogP contribution in [0.5, 0.6) is 0 Å². The van der Waals surface area contributed by atoms with Gasteiger partial charge in [-0.2, -0.15) is 5.10 Å². The van der Waals surface area contributed by atoms with E-state index in [1.807, 2.05) is 6.26 Å². The first-order valence-electron chi connectivity index (χ1n) is 8.24. The van der Waals surface area contributed by atoms with Crippen molar-refractivity contribution in [2.24, 2.45) is 0 Å². The lowest BCUT2D eigenvalue weighted by atomic mass is 10.2. The second-order valence-electron chi connectivity index (χ2n) is 5.69. The Morgan fingerprint density at radius 2 is 2.14 bits per heavy atom. The van der Waals surface area contributed by atoms with Crippen LogP contribution in [0.2, 0.25) is 0 Å². The number of rotatable bonds is 5. The molecule has 0 unspecified atom stereocenters. The first kappa shape index (κ1) is 17.9. The molecule has 0 saturated carbocycles. The highest BCUT2D eigenvalue weighted by molar-refractivity contribution is 7.98. The molecule has 140 valence electrons. The van der Waals surface area contributed by atoms with E-state index in [9.17, 15) is 4.79 Å². The van der Waals surface area contributed by atoms with Gasteiger partial charge >= 0.3 is 0 Å². The van der Waals surface area contributed by atoms with Crippen molar-refractivity contribution < 1.29 is 9.21 Å². The zero-order valence-corrected chi connectivity index (χ0v) is 15.8. The van der Waals surface area contributed by atoms with Gasteiger partial charge in [0.15, 0.2) is 17.4 Å². The minimum atomic E-state index is -0.303. The van der Waals surface area contributed by atoms with Crippen molar-refractivity contribution in [3.63, 3.8) is 0 Å². The fourth-order valence-corrected chi connectivity index (χ4v) is 3.21. The van der Waals surface area contributed by atoms with Gasteiger partial charge in [0.05, 0.1) is 29.4 Å². The SMILES string of the molecule is CSc1nc(-c2ccco2)nc(C)c1C(=O)Nc1ccc(-n2cncn2)nc1. The molecule has 4 aromatic rings. The van der Waals surface area contributed by atoms with Crippen LogP contribution in [0.3, 0.4) is 0 Å². The van der Waals surface area contributed by atoms with Gasteiger partial charge in [-0.15, -0.1) is 11.8 Å². The largest absolute Gasteiger partial charge is 0.461 e. The average molecular weight is 393 g/mol. The average Bonchev–Trinajstić information content (AvgIpc) is 3.42. The number of aromatic nitrogens is 6. The number of anilines is 1. The summed E-state index contributed by atoms with van der Waals surface area (Å²) in [4.78, 5) is 29.9. The summed E-state index contributed by atoms with van der Waals surface area (Å²) in [7, 11) is 0. The first-order valence-corrected chi connectivity index (χ1v) is 9.47. The predicted octanol–water partition coefficient (Wildman–Crippen LogP) is 2.99. The lowest BCUT2D eigenvalue weighted by Crippen LogP contribution is -2.17. The van der Waals surface area contributed by atoms with Gasteiger partial charge in [0.25, 0.3) is 5.91 Å². The van der Waals surface area contributed by atoms with Crippen LogP contribution in [0.15, 0.2) is 58.8 Å². The Hall–Kier alpha value is -3.53. The van der Waals surface area contributed by atoms with E-state index in [2.05, 4.69) is 30.4 Å². The van der Waals surface area contributed by atoms with Gasteiger partial charge in [0, 0.05) is 0 Å².